The number of carbonyl (C=O) groups excluding carboxylic acids is 1. The molecule has 0 spiro atoms. The number of halogens is 2. The first-order valence-corrected chi connectivity index (χ1v) is 8.18. The third kappa shape index (κ3) is 5.19. The normalized spacial score (nSPS) is 10.3. The molecule has 0 fully saturated rings. The lowest BCUT2D eigenvalue weighted by Gasteiger charge is -2.08. The van der Waals surface area contributed by atoms with Gasteiger partial charge in [0.25, 0.3) is 5.91 Å². The zero-order chi connectivity index (χ0) is 16.7. The molecular weight excluding hydrogens is 349 g/mol. The number of aromatic nitrogens is 3. The second-order valence-electron chi connectivity index (χ2n) is 5.24. The topological polar surface area (TPSA) is 71.8 Å². The number of benzene rings is 1. The average molecular weight is 372 g/mol. The molecule has 2 N–H and O–H groups in total. The molecule has 24 heavy (non-hydrogen) atoms. The van der Waals surface area contributed by atoms with Crippen molar-refractivity contribution in [3.05, 3.63) is 40.7 Å². The van der Waals surface area contributed by atoms with Crippen molar-refractivity contribution in [1.29, 1.82) is 0 Å². The summed E-state index contributed by atoms with van der Waals surface area (Å²) >= 11 is 6.04. The van der Waals surface area contributed by atoms with E-state index in [0.29, 0.717) is 17.3 Å². The van der Waals surface area contributed by atoms with Crippen LogP contribution in [0.3, 0.4) is 0 Å². The third-order valence-corrected chi connectivity index (χ3v) is 3.64. The van der Waals surface area contributed by atoms with Crippen LogP contribution in [0.25, 0.3) is 5.69 Å². The van der Waals surface area contributed by atoms with Gasteiger partial charge >= 0.3 is 0 Å². The molecule has 0 saturated carbocycles. The predicted molar refractivity (Wildman–Crippen MR) is 98.5 cm³/mol. The number of rotatable bonds is 8. The quantitative estimate of drug-likeness (QED) is 0.699. The highest BCUT2D eigenvalue weighted by molar-refractivity contribution is 6.30. The van der Waals surface area contributed by atoms with Gasteiger partial charge in [0.05, 0.1) is 11.4 Å². The molecule has 1 aromatic heterocycles. The Bertz CT molecular complexity index is 660. The minimum atomic E-state index is -0.183. The monoisotopic (exact) mass is 371 g/mol. The van der Waals surface area contributed by atoms with Crippen LogP contribution in [0.1, 0.15) is 35.9 Å². The molecule has 0 unspecified atom stereocenters. The minimum Gasteiger partial charge on any atom is -0.351 e. The number of amides is 1. The lowest BCUT2D eigenvalue weighted by atomic mass is 10.2. The van der Waals surface area contributed by atoms with Gasteiger partial charge in [-0.25, -0.2) is 4.68 Å². The van der Waals surface area contributed by atoms with E-state index < -0.39 is 0 Å². The first-order valence-electron chi connectivity index (χ1n) is 7.80. The van der Waals surface area contributed by atoms with E-state index in [-0.39, 0.29) is 18.3 Å². The molecule has 0 atom stereocenters. The van der Waals surface area contributed by atoms with Gasteiger partial charge < -0.3 is 10.6 Å². The average Bonchev–Trinajstić information content (AvgIpc) is 2.95. The zero-order valence-electron chi connectivity index (χ0n) is 13.9. The van der Waals surface area contributed by atoms with Crippen molar-refractivity contribution in [2.24, 2.45) is 0 Å². The summed E-state index contributed by atoms with van der Waals surface area (Å²) in [6.45, 7) is 3.52. The van der Waals surface area contributed by atoms with Crippen LogP contribution >= 0.6 is 24.0 Å². The molecule has 1 amide bonds. The van der Waals surface area contributed by atoms with Crippen molar-refractivity contribution < 1.29 is 4.79 Å². The molecule has 0 bridgehead atoms. The standard InChI is InChI=1S/C16H22ClN5O.ClH/c1-3-6-14-15(16(23)19-10-5-9-18-2)20-21-22(14)13-8-4-7-12(17)11-13;/h4,7-8,11,18H,3,5-6,9-10H2,1-2H3,(H,19,23);1H. The fourth-order valence-corrected chi connectivity index (χ4v) is 2.49. The first kappa shape index (κ1) is 20.4. The largest absolute Gasteiger partial charge is 0.351 e. The van der Waals surface area contributed by atoms with E-state index in [1.165, 1.54) is 0 Å². The molecule has 0 aliphatic carbocycles. The van der Waals surface area contributed by atoms with Crippen LogP contribution in [0, 0.1) is 0 Å². The Balaban J connectivity index is 0.00000288. The summed E-state index contributed by atoms with van der Waals surface area (Å²) in [6.07, 6.45) is 2.49. The molecular formula is C16H23Cl2N5O. The van der Waals surface area contributed by atoms with E-state index in [4.69, 9.17) is 11.6 Å². The molecule has 1 aromatic carbocycles. The molecule has 0 radical (unpaired) electrons. The number of hydrogen-bond acceptors (Lipinski definition) is 4. The smallest absolute Gasteiger partial charge is 0.273 e. The van der Waals surface area contributed by atoms with Crippen molar-refractivity contribution >= 4 is 29.9 Å². The summed E-state index contributed by atoms with van der Waals surface area (Å²) in [6, 6.07) is 7.36. The SMILES string of the molecule is CCCc1c(C(=O)NCCCNC)nnn1-c1cccc(Cl)c1.Cl. The first-order chi connectivity index (χ1) is 11.2. The Morgan fingerprint density at radius 2 is 2.12 bits per heavy atom. The molecule has 6 nitrogen and oxygen atoms in total. The van der Waals surface area contributed by atoms with Crippen molar-refractivity contribution in [3.8, 4) is 5.69 Å². The molecule has 0 saturated heterocycles. The third-order valence-electron chi connectivity index (χ3n) is 3.41. The highest BCUT2D eigenvalue weighted by atomic mass is 35.5. The van der Waals surface area contributed by atoms with E-state index >= 15 is 0 Å². The number of hydrogen-bond donors (Lipinski definition) is 2. The van der Waals surface area contributed by atoms with Crippen LogP contribution in [-0.4, -0.2) is 41.0 Å². The summed E-state index contributed by atoms with van der Waals surface area (Å²) in [7, 11) is 1.89. The highest BCUT2D eigenvalue weighted by Gasteiger charge is 2.19. The molecule has 0 aliphatic heterocycles. The lowest BCUT2D eigenvalue weighted by molar-refractivity contribution is 0.0947. The maximum absolute atomic E-state index is 12.3. The van der Waals surface area contributed by atoms with Gasteiger partial charge in [0.1, 0.15) is 0 Å². The highest BCUT2D eigenvalue weighted by Crippen LogP contribution is 2.18. The van der Waals surface area contributed by atoms with Crippen LogP contribution in [0.2, 0.25) is 5.02 Å². The van der Waals surface area contributed by atoms with Gasteiger partial charge in [0.2, 0.25) is 0 Å². The summed E-state index contributed by atoms with van der Waals surface area (Å²) in [5.41, 5.74) is 2.00. The lowest BCUT2D eigenvalue weighted by Crippen LogP contribution is -2.27. The molecule has 132 valence electrons. The number of carbonyl (C=O) groups is 1. The van der Waals surface area contributed by atoms with Crippen molar-refractivity contribution in [3.63, 3.8) is 0 Å². The van der Waals surface area contributed by atoms with Gasteiger partial charge in [-0.15, -0.1) is 17.5 Å². The van der Waals surface area contributed by atoms with Crippen LogP contribution < -0.4 is 10.6 Å². The zero-order valence-corrected chi connectivity index (χ0v) is 15.5. The minimum absolute atomic E-state index is 0. The molecule has 2 rings (SSSR count). The maximum atomic E-state index is 12.3. The summed E-state index contributed by atoms with van der Waals surface area (Å²) in [5, 5.41) is 14.8. The van der Waals surface area contributed by atoms with Gasteiger partial charge in [0, 0.05) is 11.6 Å². The Kier molecular flexibility index (Phi) is 8.74. The predicted octanol–water partition coefficient (Wildman–Crippen LogP) is 2.63. The Hall–Kier alpha value is -1.63. The van der Waals surface area contributed by atoms with E-state index in [0.717, 1.165) is 37.2 Å². The molecule has 8 heteroatoms. The van der Waals surface area contributed by atoms with Crippen molar-refractivity contribution in [2.75, 3.05) is 20.1 Å². The van der Waals surface area contributed by atoms with Crippen LogP contribution in [-0.2, 0) is 6.42 Å². The number of nitrogens with zero attached hydrogens (tertiary/aromatic N) is 3. The molecule has 0 aliphatic rings. The van der Waals surface area contributed by atoms with Crippen LogP contribution in [0.15, 0.2) is 24.3 Å². The fraction of sp³-hybridized carbons (Fsp3) is 0.438. The molecule has 2 aromatic rings. The van der Waals surface area contributed by atoms with Crippen molar-refractivity contribution in [2.45, 2.75) is 26.2 Å². The van der Waals surface area contributed by atoms with Crippen LogP contribution in [0.5, 0.6) is 0 Å². The van der Waals surface area contributed by atoms with Crippen LogP contribution in [0.4, 0.5) is 0 Å². The maximum Gasteiger partial charge on any atom is 0.273 e. The van der Waals surface area contributed by atoms with Gasteiger partial charge in [-0.05, 0) is 44.6 Å². The van der Waals surface area contributed by atoms with Crippen molar-refractivity contribution in [1.82, 2.24) is 25.6 Å². The summed E-state index contributed by atoms with van der Waals surface area (Å²) < 4.78 is 1.69. The van der Waals surface area contributed by atoms with E-state index in [9.17, 15) is 4.79 Å². The molecule has 1 heterocycles. The van der Waals surface area contributed by atoms with E-state index in [1.54, 1.807) is 10.7 Å². The Morgan fingerprint density at radius 3 is 2.79 bits per heavy atom. The van der Waals surface area contributed by atoms with Gasteiger partial charge in [-0.1, -0.05) is 36.2 Å². The fourth-order valence-electron chi connectivity index (χ4n) is 2.31. The van der Waals surface area contributed by atoms with E-state index in [1.807, 2.05) is 25.2 Å². The Morgan fingerprint density at radius 1 is 1.33 bits per heavy atom. The second-order valence-corrected chi connectivity index (χ2v) is 5.68. The van der Waals surface area contributed by atoms with Gasteiger partial charge in [-0.3, -0.25) is 4.79 Å². The number of nitrogens with one attached hydrogen (secondary N) is 2. The van der Waals surface area contributed by atoms with Gasteiger partial charge in [0.15, 0.2) is 5.69 Å². The summed E-state index contributed by atoms with van der Waals surface area (Å²) in [4.78, 5) is 12.3. The van der Waals surface area contributed by atoms with E-state index in [2.05, 4.69) is 27.9 Å². The van der Waals surface area contributed by atoms with Gasteiger partial charge in [-0.2, -0.15) is 0 Å². The summed E-state index contributed by atoms with van der Waals surface area (Å²) in [5.74, 6) is -0.183. The second kappa shape index (κ2) is 10.3. The Labute approximate surface area is 153 Å².